The van der Waals surface area contributed by atoms with Crippen molar-refractivity contribution < 1.29 is 0 Å². The summed E-state index contributed by atoms with van der Waals surface area (Å²) in [6.07, 6.45) is 7.67. The van der Waals surface area contributed by atoms with Crippen LogP contribution in [-0.4, -0.2) is 38.7 Å². The molecule has 23 heavy (non-hydrogen) atoms. The predicted molar refractivity (Wildman–Crippen MR) is 111 cm³/mol. The van der Waals surface area contributed by atoms with Gasteiger partial charge in [0.15, 0.2) is 5.96 Å². The Morgan fingerprint density at radius 1 is 1.35 bits per heavy atom. The van der Waals surface area contributed by atoms with Gasteiger partial charge in [-0.3, -0.25) is 4.99 Å². The molecule has 1 fully saturated rings. The molecule has 1 aliphatic heterocycles. The van der Waals surface area contributed by atoms with Crippen LogP contribution < -0.4 is 15.5 Å². The van der Waals surface area contributed by atoms with Gasteiger partial charge in [0, 0.05) is 38.4 Å². The third-order valence-electron chi connectivity index (χ3n) is 3.95. The third kappa shape index (κ3) is 6.81. The largest absolute Gasteiger partial charge is 0.369 e. The van der Waals surface area contributed by atoms with Crippen LogP contribution in [0.4, 0.5) is 5.69 Å². The molecule has 1 aromatic carbocycles. The Balaban J connectivity index is 0.00000264. The number of aliphatic imine (C=N–C) groups is 1. The molecule has 1 saturated heterocycles. The van der Waals surface area contributed by atoms with Crippen molar-refractivity contribution in [2.75, 3.05) is 31.6 Å². The van der Waals surface area contributed by atoms with E-state index in [0.717, 1.165) is 32.0 Å². The number of piperidine rings is 1. The van der Waals surface area contributed by atoms with Crippen LogP contribution in [0.15, 0.2) is 47.5 Å². The molecule has 0 radical (unpaired) electrons. The number of rotatable bonds is 5. The number of benzene rings is 1. The lowest BCUT2D eigenvalue weighted by molar-refractivity contribution is 0.468. The van der Waals surface area contributed by atoms with Crippen molar-refractivity contribution in [2.45, 2.75) is 32.2 Å². The van der Waals surface area contributed by atoms with Crippen molar-refractivity contribution in [1.29, 1.82) is 0 Å². The molecule has 2 rings (SSSR count). The van der Waals surface area contributed by atoms with Gasteiger partial charge < -0.3 is 15.5 Å². The highest BCUT2D eigenvalue weighted by molar-refractivity contribution is 14.0. The summed E-state index contributed by atoms with van der Waals surface area (Å²) in [6, 6.07) is 11.1. The summed E-state index contributed by atoms with van der Waals surface area (Å²) < 4.78 is 0. The molecule has 0 saturated carbocycles. The summed E-state index contributed by atoms with van der Waals surface area (Å²) in [4.78, 5) is 6.78. The second-order valence-electron chi connectivity index (χ2n) is 5.62. The molecule has 4 nitrogen and oxygen atoms in total. The van der Waals surface area contributed by atoms with E-state index in [1.807, 2.05) is 14.0 Å². The van der Waals surface area contributed by atoms with Crippen LogP contribution in [0.25, 0.3) is 0 Å². The molecule has 0 amide bonds. The van der Waals surface area contributed by atoms with Crippen molar-refractivity contribution in [3.8, 4) is 0 Å². The van der Waals surface area contributed by atoms with Gasteiger partial charge in [0.05, 0.1) is 0 Å². The summed E-state index contributed by atoms with van der Waals surface area (Å²) in [5.74, 6) is 0.907. The Hall–Kier alpha value is -1.24. The highest BCUT2D eigenvalue weighted by Crippen LogP contribution is 2.19. The molecular formula is C18H29IN4. The average Bonchev–Trinajstić information content (AvgIpc) is 2.58. The molecule has 1 unspecified atom stereocenters. The first kappa shape index (κ1) is 19.8. The van der Waals surface area contributed by atoms with E-state index in [1.165, 1.54) is 18.5 Å². The van der Waals surface area contributed by atoms with Crippen LogP contribution in [0, 0.1) is 0 Å². The quantitative estimate of drug-likeness (QED) is 0.248. The molecule has 1 aromatic rings. The zero-order valence-corrected chi connectivity index (χ0v) is 16.5. The lowest BCUT2D eigenvalue weighted by Gasteiger charge is -2.35. The maximum atomic E-state index is 4.33. The molecule has 0 spiro atoms. The standard InChI is InChI=1S/C18H28N4.HI/c1-3-4-8-13-20-18(19-2)21-16-10-9-14-22(15-16)17-11-6-5-7-12-17;/h3-7,11-12,16H,8-10,13-15H2,1-2H3,(H2,19,20,21);1H/b4-3+;. The Bertz CT molecular complexity index is 487. The maximum absolute atomic E-state index is 4.33. The van der Waals surface area contributed by atoms with Gasteiger partial charge in [-0.2, -0.15) is 0 Å². The summed E-state index contributed by atoms with van der Waals surface area (Å²) in [7, 11) is 1.84. The Kier molecular flexibility index (Phi) is 9.75. The van der Waals surface area contributed by atoms with Crippen molar-refractivity contribution in [3.63, 3.8) is 0 Å². The third-order valence-corrected chi connectivity index (χ3v) is 3.95. The molecular weight excluding hydrogens is 399 g/mol. The number of halogens is 1. The maximum Gasteiger partial charge on any atom is 0.191 e. The topological polar surface area (TPSA) is 39.7 Å². The molecule has 1 aliphatic rings. The number of hydrogen-bond donors (Lipinski definition) is 2. The normalized spacial score (nSPS) is 18.6. The summed E-state index contributed by atoms with van der Waals surface area (Å²) in [5.41, 5.74) is 1.31. The zero-order chi connectivity index (χ0) is 15.6. The van der Waals surface area contributed by atoms with Crippen LogP contribution in [0.1, 0.15) is 26.2 Å². The number of guanidine groups is 1. The smallest absolute Gasteiger partial charge is 0.191 e. The molecule has 128 valence electrons. The summed E-state index contributed by atoms with van der Waals surface area (Å²) in [5, 5.41) is 6.93. The average molecular weight is 428 g/mol. The van der Waals surface area contributed by atoms with Gasteiger partial charge in [-0.05, 0) is 38.3 Å². The van der Waals surface area contributed by atoms with Gasteiger partial charge in [0.25, 0.3) is 0 Å². The number of hydrogen-bond acceptors (Lipinski definition) is 2. The van der Waals surface area contributed by atoms with Gasteiger partial charge in [-0.15, -0.1) is 24.0 Å². The van der Waals surface area contributed by atoms with Gasteiger partial charge in [0.1, 0.15) is 0 Å². The first-order valence-electron chi connectivity index (χ1n) is 8.22. The Labute approximate surface area is 157 Å². The van der Waals surface area contributed by atoms with E-state index in [1.54, 1.807) is 0 Å². The van der Waals surface area contributed by atoms with Crippen LogP contribution in [0.5, 0.6) is 0 Å². The minimum absolute atomic E-state index is 0. The van der Waals surface area contributed by atoms with Crippen molar-refractivity contribution in [3.05, 3.63) is 42.5 Å². The Morgan fingerprint density at radius 2 is 2.13 bits per heavy atom. The molecule has 1 heterocycles. The highest BCUT2D eigenvalue weighted by Gasteiger charge is 2.20. The highest BCUT2D eigenvalue weighted by atomic mass is 127. The fourth-order valence-electron chi connectivity index (χ4n) is 2.80. The lowest BCUT2D eigenvalue weighted by atomic mass is 10.1. The number of allylic oxidation sites excluding steroid dienone is 1. The molecule has 2 N–H and O–H groups in total. The monoisotopic (exact) mass is 428 g/mol. The number of anilines is 1. The van der Waals surface area contributed by atoms with E-state index in [9.17, 15) is 0 Å². The first-order chi connectivity index (χ1) is 10.8. The number of nitrogens with zero attached hydrogens (tertiary/aromatic N) is 2. The van der Waals surface area contributed by atoms with E-state index in [0.29, 0.717) is 6.04 Å². The fourth-order valence-corrected chi connectivity index (χ4v) is 2.80. The number of nitrogens with one attached hydrogen (secondary N) is 2. The van der Waals surface area contributed by atoms with Crippen molar-refractivity contribution in [1.82, 2.24) is 10.6 Å². The Morgan fingerprint density at radius 3 is 2.83 bits per heavy atom. The fraction of sp³-hybridized carbons (Fsp3) is 0.500. The van der Waals surface area contributed by atoms with Gasteiger partial charge in [-0.1, -0.05) is 30.4 Å². The molecule has 1 atom stereocenters. The van der Waals surface area contributed by atoms with Crippen LogP contribution in [0.3, 0.4) is 0 Å². The van der Waals surface area contributed by atoms with E-state index in [-0.39, 0.29) is 24.0 Å². The SMILES string of the molecule is C/C=C/CCNC(=NC)NC1CCCN(c2ccccc2)C1.I. The lowest BCUT2D eigenvalue weighted by Crippen LogP contribution is -2.51. The molecule has 0 aromatic heterocycles. The number of para-hydroxylation sites is 1. The molecule has 0 bridgehead atoms. The van der Waals surface area contributed by atoms with Crippen LogP contribution in [-0.2, 0) is 0 Å². The van der Waals surface area contributed by atoms with Gasteiger partial charge >= 0.3 is 0 Å². The van der Waals surface area contributed by atoms with E-state index in [2.05, 4.69) is 63.0 Å². The second kappa shape index (κ2) is 11.3. The second-order valence-corrected chi connectivity index (χ2v) is 5.62. The van der Waals surface area contributed by atoms with E-state index in [4.69, 9.17) is 0 Å². The van der Waals surface area contributed by atoms with E-state index >= 15 is 0 Å². The minimum Gasteiger partial charge on any atom is -0.369 e. The van der Waals surface area contributed by atoms with Crippen molar-refractivity contribution in [2.24, 2.45) is 4.99 Å². The van der Waals surface area contributed by atoms with Gasteiger partial charge in [-0.25, -0.2) is 0 Å². The van der Waals surface area contributed by atoms with Crippen LogP contribution in [0.2, 0.25) is 0 Å². The predicted octanol–water partition coefficient (Wildman–Crippen LogP) is 3.40. The van der Waals surface area contributed by atoms with Crippen molar-refractivity contribution >= 4 is 35.6 Å². The summed E-state index contributed by atoms with van der Waals surface area (Å²) >= 11 is 0. The minimum atomic E-state index is 0. The van der Waals surface area contributed by atoms with Crippen LogP contribution >= 0.6 is 24.0 Å². The first-order valence-corrected chi connectivity index (χ1v) is 8.22. The summed E-state index contributed by atoms with van der Waals surface area (Å²) in [6.45, 7) is 5.13. The van der Waals surface area contributed by atoms with Gasteiger partial charge in [0.2, 0.25) is 0 Å². The zero-order valence-electron chi connectivity index (χ0n) is 14.2. The molecule has 5 heteroatoms. The van der Waals surface area contributed by atoms with E-state index < -0.39 is 0 Å². The molecule has 0 aliphatic carbocycles.